The fourth-order valence-corrected chi connectivity index (χ4v) is 4.51. The molecule has 3 amide bonds. The van der Waals surface area contributed by atoms with E-state index in [1.807, 2.05) is 18.2 Å². The molecule has 0 spiro atoms. The zero-order valence-electron chi connectivity index (χ0n) is 19.3. The van der Waals surface area contributed by atoms with Gasteiger partial charge in [-0.15, -0.1) is 0 Å². The van der Waals surface area contributed by atoms with Crippen molar-refractivity contribution in [3.63, 3.8) is 0 Å². The molecular weight excluding hydrogens is 436 g/mol. The summed E-state index contributed by atoms with van der Waals surface area (Å²) in [7, 11) is 1.41. The van der Waals surface area contributed by atoms with Crippen LogP contribution in [0.25, 0.3) is 0 Å². The molecule has 0 radical (unpaired) electrons. The molecular formula is C25H30N4O5. The Bertz CT molecular complexity index is 1020. The number of carbonyl (C=O) groups excluding carboxylic acids is 3. The summed E-state index contributed by atoms with van der Waals surface area (Å²) in [4.78, 5) is 42.1. The number of ether oxygens (including phenoxy) is 2. The highest BCUT2D eigenvalue weighted by Crippen LogP contribution is 2.30. The second-order valence-corrected chi connectivity index (χ2v) is 8.78. The Kier molecular flexibility index (Phi) is 7.61. The minimum Gasteiger partial charge on any atom is -0.469 e. The summed E-state index contributed by atoms with van der Waals surface area (Å²) in [6.45, 7) is 1.04. The molecule has 1 fully saturated rings. The smallest absolute Gasteiger partial charge is 0.410 e. The molecule has 2 aliphatic rings. The van der Waals surface area contributed by atoms with Crippen LogP contribution in [0.2, 0.25) is 0 Å². The third-order valence-corrected chi connectivity index (χ3v) is 6.40. The van der Waals surface area contributed by atoms with Gasteiger partial charge in [-0.25, -0.2) is 9.59 Å². The van der Waals surface area contributed by atoms with Gasteiger partial charge in [-0.05, 0) is 73.4 Å². The maximum atomic E-state index is 12.7. The van der Waals surface area contributed by atoms with Crippen LogP contribution in [0.5, 0.6) is 0 Å². The fraction of sp³-hybridized carbons (Fsp3) is 0.440. The van der Waals surface area contributed by atoms with Crippen LogP contribution in [-0.2, 0) is 27.2 Å². The summed E-state index contributed by atoms with van der Waals surface area (Å²) >= 11 is 0. The van der Waals surface area contributed by atoms with E-state index in [1.165, 1.54) is 7.11 Å². The average molecular weight is 467 g/mol. The second kappa shape index (κ2) is 11.0. The van der Waals surface area contributed by atoms with Crippen molar-refractivity contribution in [1.29, 1.82) is 0 Å². The van der Waals surface area contributed by atoms with Crippen molar-refractivity contribution in [2.75, 3.05) is 24.3 Å². The Morgan fingerprint density at radius 3 is 2.59 bits per heavy atom. The van der Waals surface area contributed by atoms with E-state index >= 15 is 0 Å². The highest BCUT2D eigenvalue weighted by molar-refractivity contribution is 5.99. The minimum atomic E-state index is -0.338. The van der Waals surface area contributed by atoms with Gasteiger partial charge in [-0.2, -0.15) is 0 Å². The van der Waals surface area contributed by atoms with Gasteiger partial charge in [0.15, 0.2) is 0 Å². The number of amides is 3. The van der Waals surface area contributed by atoms with Gasteiger partial charge >= 0.3 is 18.1 Å². The van der Waals surface area contributed by atoms with Gasteiger partial charge in [-0.1, -0.05) is 6.07 Å². The molecule has 9 heteroatoms. The first kappa shape index (κ1) is 23.5. The van der Waals surface area contributed by atoms with Crippen LogP contribution in [0.4, 0.5) is 21.0 Å². The van der Waals surface area contributed by atoms with Crippen LogP contribution < -0.4 is 10.6 Å². The second-order valence-electron chi connectivity index (χ2n) is 8.78. The van der Waals surface area contributed by atoms with Gasteiger partial charge in [0.1, 0.15) is 6.10 Å². The van der Waals surface area contributed by atoms with Crippen molar-refractivity contribution in [2.24, 2.45) is 5.92 Å². The number of urea groups is 1. The van der Waals surface area contributed by atoms with Crippen molar-refractivity contribution in [3.05, 3.63) is 53.9 Å². The number of esters is 1. The number of hydrogen-bond donors (Lipinski definition) is 2. The van der Waals surface area contributed by atoms with Gasteiger partial charge in [0.05, 0.1) is 19.0 Å². The van der Waals surface area contributed by atoms with Crippen molar-refractivity contribution >= 4 is 29.5 Å². The van der Waals surface area contributed by atoms with Crippen molar-refractivity contribution < 1.29 is 23.9 Å². The van der Waals surface area contributed by atoms with E-state index < -0.39 is 0 Å². The predicted molar refractivity (Wildman–Crippen MR) is 126 cm³/mol. The molecule has 2 N–H and O–H groups in total. The number of carbonyl (C=O) groups is 3. The molecule has 0 atom stereocenters. The largest absolute Gasteiger partial charge is 0.469 e. The number of hydrogen-bond acceptors (Lipinski definition) is 6. The Labute approximate surface area is 198 Å². The minimum absolute atomic E-state index is 0.104. The molecule has 4 rings (SSSR count). The number of anilines is 2. The zero-order valence-corrected chi connectivity index (χ0v) is 19.3. The Morgan fingerprint density at radius 2 is 1.85 bits per heavy atom. The van der Waals surface area contributed by atoms with E-state index in [0.717, 1.165) is 36.8 Å². The van der Waals surface area contributed by atoms with Crippen LogP contribution in [0, 0.1) is 5.92 Å². The lowest BCUT2D eigenvalue weighted by atomic mass is 9.85. The van der Waals surface area contributed by atoms with E-state index in [9.17, 15) is 14.4 Å². The highest BCUT2D eigenvalue weighted by atomic mass is 16.6. The van der Waals surface area contributed by atoms with Gasteiger partial charge < -0.3 is 25.0 Å². The number of nitrogens with one attached hydrogen (secondary N) is 2. The summed E-state index contributed by atoms with van der Waals surface area (Å²) in [5.41, 5.74) is 3.46. The molecule has 9 nitrogen and oxygen atoms in total. The SMILES string of the molecule is COC(=O)C[C@H]1CC[C@H](OC(=O)N2CCc3cc(NC(=O)Nc4cccnc4)ccc3C2)CC1. The van der Waals surface area contributed by atoms with Crippen LogP contribution in [0.1, 0.15) is 43.2 Å². The molecule has 0 bridgehead atoms. The van der Waals surface area contributed by atoms with Crippen LogP contribution in [0.15, 0.2) is 42.7 Å². The molecule has 2 aromatic rings. The maximum absolute atomic E-state index is 12.7. The number of rotatable bonds is 5. The van der Waals surface area contributed by atoms with Gasteiger partial charge in [-0.3, -0.25) is 9.78 Å². The lowest BCUT2D eigenvalue weighted by Crippen LogP contribution is -2.39. The predicted octanol–water partition coefficient (Wildman–Crippen LogP) is 4.34. The Balaban J connectivity index is 1.25. The quantitative estimate of drug-likeness (QED) is 0.635. The molecule has 1 aromatic heterocycles. The van der Waals surface area contributed by atoms with Gasteiger partial charge in [0.2, 0.25) is 0 Å². The number of pyridine rings is 1. The molecule has 1 aliphatic carbocycles. The summed E-state index contributed by atoms with van der Waals surface area (Å²) in [6.07, 6.45) is 7.21. The van der Waals surface area contributed by atoms with Gasteiger partial charge in [0, 0.05) is 31.4 Å². The summed E-state index contributed by atoms with van der Waals surface area (Å²) < 4.78 is 10.5. The lowest BCUT2D eigenvalue weighted by Gasteiger charge is -2.32. The summed E-state index contributed by atoms with van der Waals surface area (Å²) in [5.74, 6) is 0.124. The van der Waals surface area contributed by atoms with E-state index in [4.69, 9.17) is 9.47 Å². The first-order chi connectivity index (χ1) is 16.5. The normalized spacial score (nSPS) is 19.5. The number of nitrogens with zero attached hydrogens (tertiary/aromatic N) is 2. The zero-order chi connectivity index (χ0) is 23.9. The van der Waals surface area contributed by atoms with E-state index in [-0.39, 0.29) is 24.2 Å². The van der Waals surface area contributed by atoms with E-state index in [0.29, 0.717) is 43.2 Å². The molecule has 0 saturated heterocycles. The molecule has 34 heavy (non-hydrogen) atoms. The van der Waals surface area contributed by atoms with Crippen LogP contribution in [0.3, 0.4) is 0 Å². The van der Waals surface area contributed by atoms with Crippen LogP contribution >= 0.6 is 0 Å². The van der Waals surface area contributed by atoms with E-state index in [2.05, 4.69) is 15.6 Å². The first-order valence-electron chi connectivity index (χ1n) is 11.6. The number of fused-ring (bicyclic) bond motifs is 1. The lowest BCUT2D eigenvalue weighted by molar-refractivity contribution is -0.142. The molecule has 180 valence electrons. The van der Waals surface area contributed by atoms with Crippen molar-refractivity contribution in [2.45, 2.75) is 51.2 Å². The standard InChI is InChI=1S/C25H30N4O5/c1-33-23(30)13-17-4-8-22(9-5-17)34-25(32)29-12-10-18-14-20(7-6-19(18)16-29)27-24(31)28-21-3-2-11-26-15-21/h2-3,6-7,11,14-15,17,22H,4-5,8-10,12-13,16H2,1H3,(H2,27,28,31)/t17-,22-. The molecule has 1 aromatic carbocycles. The summed E-state index contributed by atoms with van der Waals surface area (Å²) in [5, 5.41) is 5.58. The Morgan fingerprint density at radius 1 is 1.06 bits per heavy atom. The average Bonchev–Trinajstić information content (AvgIpc) is 2.85. The fourth-order valence-electron chi connectivity index (χ4n) is 4.51. The molecule has 0 unspecified atom stereocenters. The summed E-state index contributed by atoms with van der Waals surface area (Å²) in [6, 6.07) is 8.90. The van der Waals surface area contributed by atoms with E-state index in [1.54, 1.807) is 29.4 Å². The third-order valence-electron chi connectivity index (χ3n) is 6.40. The van der Waals surface area contributed by atoms with Crippen molar-refractivity contribution in [1.82, 2.24) is 9.88 Å². The Hall–Kier alpha value is -3.62. The third kappa shape index (κ3) is 6.24. The molecule has 2 heterocycles. The topological polar surface area (TPSA) is 110 Å². The molecule has 1 saturated carbocycles. The monoisotopic (exact) mass is 466 g/mol. The number of methoxy groups -OCH3 is 1. The maximum Gasteiger partial charge on any atom is 0.410 e. The van der Waals surface area contributed by atoms with Crippen molar-refractivity contribution in [3.8, 4) is 0 Å². The number of aromatic nitrogens is 1. The molecule has 1 aliphatic heterocycles. The highest BCUT2D eigenvalue weighted by Gasteiger charge is 2.28. The first-order valence-corrected chi connectivity index (χ1v) is 11.6. The van der Waals surface area contributed by atoms with Gasteiger partial charge in [0.25, 0.3) is 0 Å². The van der Waals surface area contributed by atoms with Crippen LogP contribution in [-0.4, -0.2) is 47.7 Å². The number of benzene rings is 1.